The van der Waals surface area contributed by atoms with Crippen LogP contribution in [0.1, 0.15) is 20.7 Å². The molecule has 1 heterocycles. The summed E-state index contributed by atoms with van der Waals surface area (Å²) in [7, 11) is 0. The lowest BCUT2D eigenvalue weighted by molar-refractivity contribution is -0.143. The molecule has 1 aliphatic heterocycles. The Hall–Kier alpha value is -2.74. The van der Waals surface area contributed by atoms with Crippen molar-refractivity contribution in [2.24, 2.45) is 0 Å². The number of hydrogen-bond acceptors (Lipinski definition) is 7. The third-order valence-electron chi connectivity index (χ3n) is 4.12. The minimum Gasteiger partial charge on any atom is -0.364 e. The summed E-state index contributed by atoms with van der Waals surface area (Å²) in [5.74, 6) is -0.801. The van der Waals surface area contributed by atoms with Crippen molar-refractivity contribution in [2.75, 3.05) is 39.3 Å². The largest absolute Gasteiger partial charge is 0.364 e. The van der Waals surface area contributed by atoms with Gasteiger partial charge in [-0.25, -0.2) is 9.59 Å². The van der Waals surface area contributed by atoms with Crippen LogP contribution >= 0.6 is 0 Å². The van der Waals surface area contributed by atoms with E-state index in [0.717, 1.165) is 0 Å². The first-order chi connectivity index (χ1) is 13.2. The maximum Gasteiger partial charge on any atom is 0.357 e. The molecular weight excluding hydrogens is 346 g/mol. The number of carbonyl (C=O) groups excluding carboxylic acids is 2. The molecule has 2 aromatic carbocycles. The molecule has 142 valence electrons. The van der Waals surface area contributed by atoms with E-state index in [1.54, 1.807) is 58.7 Å². The second-order valence-corrected chi connectivity index (χ2v) is 6.10. The molecule has 2 aromatic rings. The summed E-state index contributed by atoms with van der Waals surface area (Å²) in [5.41, 5.74) is 0.996. The summed E-state index contributed by atoms with van der Waals surface area (Å²) in [5, 5.41) is 6.44. The van der Waals surface area contributed by atoms with Crippen molar-refractivity contribution in [3.63, 3.8) is 0 Å². The number of hydroxylamine groups is 4. The highest BCUT2D eigenvalue weighted by molar-refractivity contribution is 5.89. The van der Waals surface area contributed by atoms with Crippen molar-refractivity contribution in [3.8, 4) is 0 Å². The van der Waals surface area contributed by atoms with Crippen molar-refractivity contribution in [2.45, 2.75) is 0 Å². The Labute approximate surface area is 158 Å². The molecule has 0 aromatic heterocycles. The second kappa shape index (κ2) is 9.82. The maximum absolute atomic E-state index is 12.3. The molecule has 0 aliphatic carbocycles. The van der Waals surface area contributed by atoms with Gasteiger partial charge in [0.25, 0.3) is 0 Å². The Balaban J connectivity index is 1.56. The van der Waals surface area contributed by atoms with Crippen molar-refractivity contribution < 1.29 is 19.3 Å². The molecule has 0 amide bonds. The number of hydrogen-bond donors (Lipinski definition) is 1. The van der Waals surface area contributed by atoms with Gasteiger partial charge in [0.2, 0.25) is 0 Å². The molecule has 7 nitrogen and oxygen atoms in total. The van der Waals surface area contributed by atoms with E-state index < -0.39 is 11.9 Å². The highest BCUT2D eigenvalue weighted by Crippen LogP contribution is 2.07. The van der Waals surface area contributed by atoms with Gasteiger partial charge in [0, 0.05) is 26.2 Å². The molecular formula is C20H23N3O4. The number of nitrogens with one attached hydrogen (secondary N) is 1. The molecule has 1 fully saturated rings. The van der Waals surface area contributed by atoms with Crippen LogP contribution in [0.25, 0.3) is 0 Å². The fraction of sp³-hybridized carbons (Fsp3) is 0.300. The Morgan fingerprint density at radius 2 is 1.07 bits per heavy atom. The van der Waals surface area contributed by atoms with Crippen LogP contribution in [0.3, 0.4) is 0 Å². The van der Waals surface area contributed by atoms with Crippen LogP contribution in [0, 0.1) is 0 Å². The summed E-state index contributed by atoms with van der Waals surface area (Å²) >= 11 is 0. The van der Waals surface area contributed by atoms with Gasteiger partial charge in [-0.3, -0.25) is 0 Å². The average Bonchev–Trinajstić information content (AvgIpc) is 2.82. The number of carbonyl (C=O) groups is 2. The van der Waals surface area contributed by atoms with Crippen LogP contribution in [0.2, 0.25) is 0 Å². The van der Waals surface area contributed by atoms with E-state index >= 15 is 0 Å². The van der Waals surface area contributed by atoms with Crippen LogP contribution in [0.15, 0.2) is 60.7 Å². The number of rotatable bonds is 4. The van der Waals surface area contributed by atoms with E-state index in [1.165, 1.54) is 0 Å². The van der Waals surface area contributed by atoms with Gasteiger partial charge < -0.3 is 15.0 Å². The molecule has 0 atom stereocenters. The molecule has 7 heteroatoms. The van der Waals surface area contributed by atoms with Crippen LogP contribution in [0.5, 0.6) is 0 Å². The van der Waals surface area contributed by atoms with Crippen molar-refractivity contribution in [1.29, 1.82) is 0 Å². The zero-order chi connectivity index (χ0) is 18.9. The monoisotopic (exact) mass is 369 g/mol. The minimum absolute atomic E-state index is 0.400. The maximum atomic E-state index is 12.3. The predicted octanol–water partition coefficient (Wildman–Crippen LogP) is 1.74. The van der Waals surface area contributed by atoms with Crippen LogP contribution < -0.4 is 5.32 Å². The standard InChI is InChI=1S/C20H23N3O4/c24-19(17-7-3-1-4-8-17)26-22-13-11-21-12-14-23(16-15-22)27-20(25)18-9-5-2-6-10-18/h1-10,21H,11-16H2. The summed E-state index contributed by atoms with van der Waals surface area (Å²) in [6.45, 7) is 3.31. The number of nitrogens with zero attached hydrogens (tertiary/aromatic N) is 2. The average molecular weight is 369 g/mol. The van der Waals surface area contributed by atoms with E-state index in [9.17, 15) is 9.59 Å². The molecule has 0 unspecified atom stereocenters. The molecule has 1 aliphatic rings. The summed E-state index contributed by atoms with van der Waals surface area (Å²) in [4.78, 5) is 35.5. The smallest absolute Gasteiger partial charge is 0.357 e. The zero-order valence-corrected chi connectivity index (χ0v) is 15.0. The van der Waals surface area contributed by atoms with Crippen LogP contribution in [0.4, 0.5) is 0 Å². The van der Waals surface area contributed by atoms with E-state index in [1.807, 2.05) is 12.1 Å². The predicted molar refractivity (Wildman–Crippen MR) is 99.7 cm³/mol. The third-order valence-corrected chi connectivity index (χ3v) is 4.12. The van der Waals surface area contributed by atoms with Gasteiger partial charge in [-0.1, -0.05) is 36.4 Å². The van der Waals surface area contributed by atoms with Gasteiger partial charge in [0.15, 0.2) is 0 Å². The molecule has 3 rings (SSSR count). The fourth-order valence-corrected chi connectivity index (χ4v) is 2.65. The van der Waals surface area contributed by atoms with Crippen molar-refractivity contribution >= 4 is 11.9 Å². The van der Waals surface area contributed by atoms with Gasteiger partial charge in [0.1, 0.15) is 0 Å². The second-order valence-electron chi connectivity index (χ2n) is 6.10. The fourth-order valence-electron chi connectivity index (χ4n) is 2.65. The Morgan fingerprint density at radius 1 is 0.667 bits per heavy atom. The van der Waals surface area contributed by atoms with Gasteiger partial charge in [-0.2, -0.15) is 0 Å². The first-order valence-corrected chi connectivity index (χ1v) is 8.98. The lowest BCUT2D eigenvalue weighted by Crippen LogP contribution is -2.38. The third kappa shape index (κ3) is 5.89. The van der Waals surface area contributed by atoms with Gasteiger partial charge >= 0.3 is 11.9 Å². The van der Waals surface area contributed by atoms with Crippen molar-refractivity contribution in [3.05, 3.63) is 71.8 Å². The topological polar surface area (TPSA) is 71.1 Å². The molecule has 1 N–H and O–H groups in total. The van der Waals surface area contributed by atoms with E-state index in [-0.39, 0.29) is 0 Å². The molecule has 1 saturated heterocycles. The Kier molecular flexibility index (Phi) is 6.92. The molecule has 0 saturated carbocycles. The first kappa shape index (κ1) is 19.0. The van der Waals surface area contributed by atoms with Crippen LogP contribution in [-0.4, -0.2) is 61.3 Å². The zero-order valence-electron chi connectivity index (χ0n) is 15.0. The van der Waals surface area contributed by atoms with Gasteiger partial charge in [0.05, 0.1) is 24.2 Å². The van der Waals surface area contributed by atoms with E-state index in [4.69, 9.17) is 9.68 Å². The van der Waals surface area contributed by atoms with Gasteiger partial charge in [-0.05, 0) is 24.3 Å². The van der Waals surface area contributed by atoms with Crippen LogP contribution in [-0.2, 0) is 9.68 Å². The Morgan fingerprint density at radius 3 is 1.48 bits per heavy atom. The summed E-state index contributed by atoms with van der Waals surface area (Å²) < 4.78 is 0. The van der Waals surface area contributed by atoms with Crippen molar-refractivity contribution in [1.82, 2.24) is 15.4 Å². The normalized spacial score (nSPS) is 16.6. The molecule has 0 spiro atoms. The highest BCUT2D eigenvalue weighted by atomic mass is 16.7. The Bertz CT molecular complexity index is 676. The summed E-state index contributed by atoms with van der Waals surface area (Å²) in [6, 6.07) is 17.7. The SMILES string of the molecule is O=C(ON1CCNCCN(OC(=O)c2ccccc2)CC1)c1ccccc1. The molecule has 0 bridgehead atoms. The lowest BCUT2D eigenvalue weighted by atomic mass is 10.2. The lowest BCUT2D eigenvalue weighted by Gasteiger charge is -2.24. The first-order valence-electron chi connectivity index (χ1n) is 8.98. The van der Waals surface area contributed by atoms with Gasteiger partial charge in [-0.15, -0.1) is 10.1 Å². The summed E-state index contributed by atoms with van der Waals surface area (Å²) in [6.07, 6.45) is 0. The molecule has 0 radical (unpaired) electrons. The molecule has 27 heavy (non-hydrogen) atoms. The number of benzene rings is 2. The minimum atomic E-state index is -0.400. The quantitative estimate of drug-likeness (QED) is 0.880. The highest BCUT2D eigenvalue weighted by Gasteiger charge is 2.19. The van der Waals surface area contributed by atoms with E-state index in [0.29, 0.717) is 50.4 Å². The van der Waals surface area contributed by atoms with E-state index in [2.05, 4.69) is 5.32 Å².